The highest BCUT2D eigenvalue weighted by atomic mass is 16.6. The summed E-state index contributed by atoms with van der Waals surface area (Å²) >= 11 is 0. The Labute approximate surface area is 289 Å². The van der Waals surface area contributed by atoms with Crippen LogP contribution >= 0.6 is 0 Å². The van der Waals surface area contributed by atoms with Crippen LogP contribution in [0.25, 0.3) is 0 Å². The molecule has 0 aromatic carbocycles. The summed E-state index contributed by atoms with van der Waals surface area (Å²) in [7, 11) is 3.72. The largest absolute Gasteiger partial charge is 0.449 e. The van der Waals surface area contributed by atoms with Crippen molar-refractivity contribution in [3.8, 4) is 0 Å². The first-order chi connectivity index (χ1) is 22.8. The third-order valence-electron chi connectivity index (χ3n) is 11.4. The smallest absolute Gasteiger partial charge is 0.409 e. The molecule has 0 unspecified atom stereocenters. The topological polar surface area (TPSA) is 113 Å². The van der Waals surface area contributed by atoms with Crippen LogP contribution in [-0.2, 0) is 23.7 Å². The lowest BCUT2D eigenvalue weighted by Gasteiger charge is -2.36. The fraction of sp³-hybridized carbons (Fsp3) is 0.842. The number of aliphatic hydroxyl groups excluding tert-OH is 1. The predicted octanol–water partition coefficient (Wildman–Crippen LogP) is 5.19. The quantitative estimate of drug-likeness (QED) is 0.191. The molecule has 4 rings (SSSR count). The minimum Gasteiger partial charge on any atom is -0.449 e. The third kappa shape index (κ3) is 10.8. The summed E-state index contributed by atoms with van der Waals surface area (Å²) in [6, 6.07) is 0. The second kappa shape index (κ2) is 17.8. The monoisotopic (exact) mass is 675 g/mol. The molecule has 4 aliphatic rings. The molecule has 4 fully saturated rings. The number of methoxy groups -OCH3 is 1. The van der Waals surface area contributed by atoms with Crippen LogP contribution in [0.2, 0.25) is 0 Å². The number of hydrogen-bond donors (Lipinski definition) is 2. The van der Waals surface area contributed by atoms with Crippen LogP contribution < -0.4 is 5.32 Å². The number of nitrogens with zero attached hydrogens (tertiary/aromatic N) is 2. The molecule has 10 heteroatoms. The molecule has 0 aromatic heterocycles. The van der Waals surface area contributed by atoms with Gasteiger partial charge in [-0.25, -0.2) is 4.79 Å². The first-order valence-corrected chi connectivity index (χ1v) is 18.6. The van der Waals surface area contributed by atoms with Crippen molar-refractivity contribution in [2.24, 2.45) is 29.6 Å². The van der Waals surface area contributed by atoms with Gasteiger partial charge < -0.3 is 39.2 Å². The predicted molar refractivity (Wildman–Crippen MR) is 188 cm³/mol. The van der Waals surface area contributed by atoms with E-state index in [1.54, 1.807) is 18.9 Å². The number of nitrogens with one attached hydrogen (secondary N) is 1. The summed E-state index contributed by atoms with van der Waals surface area (Å²) < 4.78 is 23.8. The van der Waals surface area contributed by atoms with Crippen molar-refractivity contribution in [2.75, 3.05) is 53.5 Å². The van der Waals surface area contributed by atoms with Crippen molar-refractivity contribution in [3.05, 3.63) is 23.8 Å². The zero-order valence-electron chi connectivity index (χ0n) is 31.0. The summed E-state index contributed by atoms with van der Waals surface area (Å²) in [4.78, 5) is 29.5. The first kappa shape index (κ1) is 38.8. The molecule has 0 aromatic rings. The SMILES string of the molecule is CO[C@H]([C@@H](C)[C@H]1O[C@]1(C)C[C@H](C)/C=C/C=C(\C)[C@H]1O[C@@H](CNC(=O)[C@H]2CC[C@@H](COC(=O)N3CCN(C)CC3)CC2)CC[C@@H]1C)[C@@H](C)O. The molecular formula is C38H65N3O7. The number of amides is 2. The number of hydrogen-bond acceptors (Lipinski definition) is 8. The van der Waals surface area contributed by atoms with Gasteiger partial charge in [0.15, 0.2) is 0 Å². The van der Waals surface area contributed by atoms with Gasteiger partial charge in [0.05, 0.1) is 42.7 Å². The maximum atomic E-state index is 13.1. The summed E-state index contributed by atoms with van der Waals surface area (Å²) in [6.07, 6.45) is 12.1. The highest BCUT2D eigenvalue weighted by Crippen LogP contribution is 2.47. The van der Waals surface area contributed by atoms with Gasteiger partial charge in [-0.3, -0.25) is 4.79 Å². The molecule has 3 heterocycles. The maximum Gasteiger partial charge on any atom is 0.409 e. The Balaban J connectivity index is 1.15. The number of piperazine rings is 1. The van der Waals surface area contributed by atoms with E-state index < -0.39 is 6.10 Å². The molecular weight excluding hydrogens is 610 g/mol. The van der Waals surface area contributed by atoms with Gasteiger partial charge >= 0.3 is 6.09 Å². The van der Waals surface area contributed by atoms with Crippen molar-refractivity contribution < 1.29 is 33.6 Å². The average molecular weight is 676 g/mol. The van der Waals surface area contributed by atoms with Crippen molar-refractivity contribution in [1.29, 1.82) is 0 Å². The van der Waals surface area contributed by atoms with Crippen molar-refractivity contribution in [3.63, 3.8) is 0 Å². The van der Waals surface area contributed by atoms with Crippen molar-refractivity contribution in [2.45, 2.75) is 123 Å². The van der Waals surface area contributed by atoms with E-state index in [0.717, 1.165) is 71.1 Å². The number of aliphatic hydroxyl groups is 1. The van der Waals surface area contributed by atoms with Crippen LogP contribution in [0.3, 0.4) is 0 Å². The zero-order chi connectivity index (χ0) is 35.0. The highest BCUT2D eigenvalue weighted by molar-refractivity contribution is 5.78. The van der Waals surface area contributed by atoms with Crippen LogP contribution in [0.1, 0.15) is 86.5 Å². The Bertz CT molecular complexity index is 1100. The molecule has 3 saturated heterocycles. The van der Waals surface area contributed by atoms with Gasteiger partial charge in [0.2, 0.25) is 5.91 Å². The third-order valence-corrected chi connectivity index (χ3v) is 11.4. The summed E-state index contributed by atoms with van der Waals surface area (Å²) in [5.74, 6) is 1.34. The van der Waals surface area contributed by atoms with E-state index in [1.807, 2.05) is 0 Å². The Kier molecular flexibility index (Phi) is 14.4. The lowest BCUT2D eigenvalue weighted by atomic mass is 9.82. The van der Waals surface area contributed by atoms with E-state index in [1.165, 1.54) is 5.57 Å². The van der Waals surface area contributed by atoms with E-state index in [0.29, 0.717) is 30.9 Å². The van der Waals surface area contributed by atoms with Crippen LogP contribution in [0.4, 0.5) is 4.79 Å². The van der Waals surface area contributed by atoms with Gasteiger partial charge in [-0.1, -0.05) is 39.0 Å². The Morgan fingerprint density at radius 3 is 2.40 bits per heavy atom. The molecule has 0 spiro atoms. The van der Waals surface area contributed by atoms with Gasteiger partial charge in [-0.2, -0.15) is 0 Å². The fourth-order valence-electron chi connectivity index (χ4n) is 8.24. The summed E-state index contributed by atoms with van der Waals surface area (Å²) in [5.41, 5.74) is 0.999. The molecule has 2 amide bonds. The van der Waals surface area contributed by atoms with Crippen molar-refractivity contribution >= 4 is 12.0 Å². The second-order valence-corrected chi connectivity index (χ2v) is 15.7. The van der Waals surface area contributed by atoms with Gasteiger partial charge in [0.25, 0.3) is 0 Å². The molecule has 0 bridgehead atoms. The van der Waals surface area contributed by atoms with E-state index in [2.05, 4.69) is 70.1 Å². The molecule has 9 atom stereocenters. The Morgan fingerprint density at radius 2 is 1.75 bits per heavy atom. The number of likely N-dealkylation sites (N-methyl/N-ethyl adjacent to an activating group) is 1. The Hall–Kier alpha value is -1.98. The number of carbonyl (C=O) groups is 2. The molecule has 0 radical (unpaired) electrons. The normalized spacial score (nSPS) is 34.4. The zero-order valence-corrected chi connectivity index (χ0v) is 31.0. The molecule has 2 N–H and O–H groups in total. The average Bonchev–Trinajstić information content (AvgIpc) is 3.73. The standard InChI is InChI=1S/C38H65N3O7/c1-25(22-38(6)35(48-38)28(4)34(45-8)29(5)42)10-9-11-26(2)33-27(3)12-17-32(47-33)23-39-36(43)31-15-13-30(14-16-31)24-46-37(44)41-20-18-40(7)19-21-41/h9-11,25,27-35,42H,12-24H2,1-8H3,(H,39,43)/b10-9+,26-11+/t25-,27+,28-,29-,30-,31+,32-,33-,34-,35-,38-/m1/s1. The Morgan fingerprint density at radius 1 is 1.06 bits per heavy atom. The number of rotatable bonds is 14. The molecule has 274 valence electrons. The van der Waals surface area contributed by atoms with E-state index in [9.17, 15) is 14.7 Å². The van der Waals surface area contributed by atoms with Gasteiger partial charge in [-0.05, 0) is 96.1 Å². The second-order valence-electron chi connectivity index (χ2n) is 15.7. The number of allylic oxidation sites excluding steroid dienone is 3. The molecule has 10 nitrogen and oxygen atoms in total. The van der Waals surface area contributed by atoms with E-state index >= 15 is 0 Å². The molecule has 1 aliphatic carbocycles. The van der Waals surface area contributed by atoms with E-state index in [4.69, 9.17) is 18.9 Å². The summed E-state index contributed by atoms with van der Waals surface area (Å²) in [5, 5.41) is 13.3. The molecule has 3 aliphatic heterocycles. The number of epoxide rings is 1. The lowest BCUT2D eigenvalue weighted by molar-refractivity contribution is -0.128. The van der Waals surface area contributed by atoms with Gasteiger partial charge in [-0.15, -0.1) is 0 Å². The fourth-order valence-corrected chi connectivity index (χ4v) is 8.24. The lowest BCUT2D eigenvalue weighted by Crippen LogP contribution is -2.47. The number of ether oxygens (including phenoxy) is 4. The van der Waals surface area contributed by atoms with Crippen molar-refractivity contribution in [1.82, 2.24) is 15.1 Å². The number of carbonyl (C=O) groups excluding carboxylic acids is 2. The minimum absolute atomic E-state index is 0.00943. The molecule has 48 heavy (non-hydrogen) atoms. The highest BCUT2D eigenvalue weighted by Gasteiger charge is 2.56. The van der Waals surface area contributed by atoms with Gasteiger partial charge in [0.1, 0.15) is 0 Å². The summed E-state index contributed by atoms with van der Waals surface area (Å²) in [6.45, 7) is 16.8. The van der Waals surface area contributed by atoms with Crippen LogP contribution in [0, 0.1) is 29.6 Å². The van der Waals surface area contributed by atoms with Crippen LogP contribution in [0.5, 0.6) is 0 Å². The van der Waals surface area contributed by atoms with Gasteiger partial charge in [0, 0.05) is 51.7 Å². The minimum atomic E-state index is -0.535. The van der Waals surface area contributed by atoms with Crippen LogP contribution in [-0.4, -0.2) is 117 Å². The van der Waals surface area contributed by atoms with Crippen LogP contribution in [0.15, 0.2) is 23.8 Å². The maximum absolute atomic E-state index is 13.1. The first-order valence-electron chi connectivity index (χ1n) is 18.6. The molecule has 1 saturated carbocycles. The van der Waals surface area contributed by atoms with E-state index in [-0.39, 0.29) is 53.9 Å².